The molecule has 30 heavy (non-hydrogen) atoms. The van der Waals surface area contributed by atoms with E-state index in [-0.39, 0.29) is 6.54 Å². The van der Waals surface area contributed by atoms with Crippen molar-refractivity contribution < 1.29 is 23.9 Å². The Labute approximate surface area is 175 Å². The molecule has 3 N–H and O–H groups in total. The van der Waals surface area contributed by atoms with Crippen LogP contribution in [0.25, 0.3) is 0 Å². The third-order valence-electron chi connectivity index (χ3n) is 4.39. The zero-order valence-electron chi connectivity index (χ0n) is 17.6. The number of amides is 3. The molecule has 0 fully saturated rings. The van der Waals surface area contributed by atoms with Gasteiger partial charge in [-0.3, -0.25) is 25.2 Å². The van der Waals surface area contributed by atoms with Crippen molar-refractivity contribution >= 4 is 17.7 Å². The van der Waals surface area contributed by atoms with Gasteiger partial charge in [0, 0.05) is 5.56 Å². The molecule has 0 radical (unpaired) electrons. The summed E-state index contributed by atoms with van der Waals surface area (Å²) in [5.41, 5.74) is 6.93. The maximum atomic E-state index is 12.1. The number of hydrogen-bond donors (Lipinski definition) is 3. The molecule has 0 aliphatic carbocycles. The fourth-order valence-electron chi connectivity index (χ4n) is 2.50. The second kappa shape index (κ2) is 10.8. The maximum absolute atomic E-state index is 12.1. The zero-order chi connectivity index (χ0) is 22.1. The maximum Gasteiger partial charge on any atom is 0.279 e. The molecule has 0 saturated carbocycles. The highest BCUT2D eigenvalue weighted by Crippen LogP contribution is 2.21. The van der Waals surface area contributed by atoms with Gasteiger partial charge >= 0.3 is 0 Å². The lowest BCUT2D eigenvalue weighted by molar-refractivity contribution is -0.132. The smallest absolute Gasteiger partial charge is 0.279 e. The van der Waals surface area contributed by atoms with Gasteiger partial charge in [-0.25, -0.2) is 0 Å². The lowest BCUT2D eigenvalue weighted by Gasteiger charge is -2.17. The first-order valence-corrected chi connectivity index (χ1v) is 9.64. The molecule has 0 aliphatic heterocycles. The van der Waals surface area contributed by atoms with Crippen molar-refractivity contribution in [1.82, 2.24) is 16.2 Å². The molecular weight excluding hydrogens is 386 g/mol. The Kier molecular flexibility index (Phi) is 8.22. The van der Waals surface area contributed by atoms with Crippen LogP contribution in [0.2, 0.25) is 0 Å². The van der Waals surface area contributed by atoms with Gasteiger partial charge in [-0.05, 0) is 69.2 Å². The van der Waals surface area contributed by atoms with E-state index in [0.717, 1.165) is 11.1 Å². The number of carbonyl (C=O) groups is 3. The average molecular weight is 413 g/mol. The number of nitrogens with one attached hydrogen (secondary N) is 3. The minimum atomic E-state index is -0.816. The third kappa shape index (κ3) is 6.51. The lowest BCUT2D eigenvalue weighted by atomic mass is 10.1. The summed E-state index contributed by atoms with van der Waals surface area (Å²) in [5, 5.41) is 2.48. The Bertz CT molecular complexity index is 896. The van der Waals surface area contributed by atoms with Gasteiger partial charge in [0.1, 0.15) is 11.5 Å². The molecule has 0 bridgehead atoms. The molecule has 0 spiro atoms. The molecule has 0 unspecified atom stereocenters. The summed E-state index contributed by atoms with van der Waals surface area (Å²) in [5.74, 6) is -0.229. The van der Waals surface area contributed by atoms with Crippen molar-refractivity contribution in [2.45, 2.75) is 33.8 Å². The molecule has 8 nitrogen and oxygen atoms in total. The van der Waals surface area contributed by atoms with Gasteiger partial charge in [0.05, 0.1) is 13.2 Å². The van der Waals surface area contributed by atoms with Crippen LogP contribution in [-0.4, -0.2) is 37.0 Å². The van der Waals surface area contributed by atoms with Gasteiger partial charge in [-0.2, -0.15) is 0 Å². The van der Waals surface area contributed by atoms with E-state index in [4.69, 9.17) is 9.47 Å². The predicted octanol–water partition coefficient (Wildman–Crippen LogP) is 2.05. The van der Waals surface area contributed by atoms with Crippen molar-refractivity contribution in [3.63, 3.8) is 0 Å². The van der Waals surface area contributed by atoms with Crippen LogP contribution in [0.1, 0.15) is 35.3 Å². The normalized spacial score (nSPS) is 11.2. The monoisotopic (exact) mass is 413 g/mol. The van der Waals surface area contributed by atoms with E-state index in [0.29, 0.717) is 23.7 Å². The summed E-state index contributed by atoms with van der Waals surface area (Å²) in [4.78, 5) is 36.1. The molecule has 0 aliphatic rings. The van der Waals surface area contributed by atoms with Crippen LogP contribution in [0.3, 0.4) is 0 Å². The van der Waals surface area contributed by atoms with Crippen LogP contribution in [0.5, 0.6) is 11.5 Å². The van der Waals surface area contributed by atoms with E-state index in [2.05, 4.69) is 16.2 Å². The minimum absolute atomic E-state index is 0.293. The molecule has 0 saturated heterocycles. The van der Waals surface area contributed by atoms with Crippen molar-refractivity contribution in [3.05, 3.63) is 59.2 Å². The molecule has 0 aromatic heterocycles. The number of aryl methyl sites for hydroxylation is 1. The second-order valence-electron chi connectivity index (χ2n) is 6.64. The average Bonchev–Trinajstić information content (AvgIpc) is 2.74. The number of ether oxygens (including phenoxy) is 2. The Morgan fingerprint density at radius 2 is 1.70 bits per heavy atom. The molecule has 2 aromatic carbocycles. The summed E-state index contributed by atoms with van der Waals surface area (Å²) in [6.45, 7) is 7.55. The van der Waals surface area contributed by atoms with Crippen LogP contribution >= 0.6 is 0 Å². The quantitative estimate of drug-likeness (QED) is 0.575. The fourth-order valence-corrected chi connectivity index (χ4v) is 2.50. The van der Waals surface area contributed by atoms with Gasteiger partial charge in [0.25, 0.3) is 17.7 Å². The Hall–Kier alpha value is -3.55. The lowest BCUT2D eigenvalue weighted by Crippen LogP contribution is -2.50. The van der Waals surface area contributed by atoms with Crippen molar-refractivity contribution in [2.75, 3.05) is 13.2 Å². The van der Waals surface area contributed by atoms with Gasteiger partial charge in [0.2, 0.25) is 0 Å². The van der Waals surface area contributed by atoms with Gasteiger partial charge in [-0.15, -0.1) is 0 Å². The topological polar surface area (TPSA) is 106 Å². The summed E-state index contributed by atoms with van der Waals surface area (Å²) in [6, 6.07) is 12.1. The standard InChI is InChI=1S/C22H27N3O5/c1-5-29-18-11-9-17(10-12-18)22(28)23-13-20(26)24-25-21(27)16(4)30-19-8-6-7-14(2)15(19)3/h6-12,16H,5,13H2,1-4H3,(H,23,28)(H,24,26)(H,25,27)/t16-/m1/s1. The summed E-state index contributed by atoms with van der Waals surface area (Å²) in [6.07, 6.45) is -0.816. The fraction of sp³-hybridized carbons (Fsp3) is 0.318. The Morgan fingerprint density at radius 1 is 1.00 bits per heavy atom. The minimum Gasteiger partial charge on any atom is -0.494 e. The van der Waals surface area contributed by atoms with Crippen LogP contribution in [0.4, 0.5) is 0 Å². The van der Waals surface area contributed by atoms with Gasteiger partial charge < -0.3 is 14.8 Å². The van der Waals surface area contributed by atoms with E-state index < -0.39 is 23.8 Å². The van der Waals surface area contributed by atoms with Gasteiger partial charge in [-0.1, -0.05) is 12.1 Å². The molecular formula is C22H27N3O5. The number of hydrogen-bond acceptors (Lipinski definition) is 5. The summed E-state index contributed by atoms with van der Waals surface area (Å²) >= 11 is 0. The SMILES string of the molecule is CCOc1ccc(C(=O)NCC(=O)NNC(=O)[C@@H](C)Oc2cccc(C)c2C)cc1. The Balaban J connectivity index is 1.76. The largest absolute Gasteiger partial charge is 0.494 e. The third-order valence-corrected chi connectivity index (χ3v) is 4.39. The van der Waals surface area contributed by atoms with Crippen LogP contribution in [0.15, 0.2) is 42.5 Å². The van der Waals surface area contributed by atoms with Crippen molar-refractivity contribution in [3.8, 4) is 11.5 Å². The van der Waals surface area contributed by atoms with Gasteiger partial charge in [0.15, 0.2) is 6.10 Å². The van der Waals surface area contributed by atoms with E-state index in [1.807, 2.05) is 32.9 Å². The molecule has 8 heteroatoms. The Morgan fingerprint density at radius 3 is 2.37 bits per heavy atom. The van der Waals surface area contributed by atoms with E-state index in [9.17, 15) is 14.4 Å². The van der Waals surface area contributed by atoms with Crippen LogP contribution < -0.4 is 25.6 Å². The highest BCUT2D eigenvalue weighted by Gasteiger charge is 2.17. The molecule has 3 amide bonds. The second-order valence-corrected chi connectivity index (χ2v) is 6.64. The number of hydrazine groups is 1. The van der Waals surface area contributed by atoms with Crippen molar-refractivity contribution in [1.29, 1.82) is 0 Å². The summed E-state index contributed by atoms with van der Waals surface area (Å²) < 4.78 is 11.0. The molecule has 1 atom stereocenters. The zero-order valence-corrected chi connectivity index (χ0v) is 17.6. The molecule has 2 rings (SSSR count). The van der Waals surface area contributed by atoms with E-state index in [1.54, 1.807) is 37.3 Å². The first-order chi connectivity index (χ1) is 14.3. The molecule has 2 aromatic rings. The summed E-state index contributed by atoms with van der Waals surface area (Å²) in [7, 11) is 0. The predicted molar refractivity (Wildman–Crippen MR) is 112 cm³/mol. The van der Waals surface area contributed by atoms with E-state index >= 15 is 0 Å². The number of rotatable bonds is 8. The number of carbonyl (C=O) groups excluding carboxylic acids is 3. The van der Waals surface area contributed by atoms with E-state index in [1.165, 1.54) is 0 Å². The van der Waals surface area contributed by atoms with Crippen molar-refractivity contribution in [2.24, 2.45) is 0 Å². The first-order valence-electron chi connectivity index (χ1n) is 9.64. The first kappa shape index (κ1) is 22.7. The number of benzene rings is 2. The highest BCUT2D eigenvalue weighted by atomic mass is 16.5. The molecule has 160 valence electrons. The van der Waals surface area contributed by atoms with Crippen LogP contribution in [-0.2, 0) is 9.59 Å². The van der Waals surface area contributed by atoms with Crippen LogP contribution in [0, 0.1) is 13.8 Å². The molecule has 0 heterocycles. The highest BCUT2D eigenvalue weighted by molar-refractivity contribution is 5.96.